The Bertz CT molecular complexity index is 736. The zero-order valence-corrected chi connectivity index (χ0v) is 13.3. The summed E-state index contributed by atoms with van der Waals surface area (Å²) in [7, 11) is 0. The standard InChI is InChI=1S/C18H19F2N3O/c1-18(14-9-5-6-10-15(14)24-16(19)20)12-22-17(21)23(18)11-13-7-3-2-4-8-13/h2-10,16H,11-12H2,1H3,(H2,21,22). The van der Waals surface area contributed by atoms with E-state index in [-0.39, 0.29) is 5.75 Å². The molecule has 1 heterocycles. The fourth-order valence-electron chi connectivity index (χ4n) is 3.02. The molecule has 1 atom stereocenters. The van der Waals surface area contributed by atoms with Gasteiger partial charge < -0.3 is 15.4 Å². The Balaban J connectivity index is 1.96. The van der Waals surface area contributed by atoms with Gasteiger partial charge in [-0.05, 0) is 18.6 Å². The number of hydrogen-bond acceptors (Lipinski definition) is 4. The first kappa shape index (κ1) is 16.2. The molecule has 1 aliphatic rings. The van der Waals surface area contributed by atoms with E-state index in [0.29, 0.717) is 24.6 Å². The number of nitrogens with zero attached hydrogens (tertiary/aromatic N) is 2. The summed E-state index contributed by atoms with van der Waals surface area (Å²) in [6.45, 7) is -0.0187. The van der Waals surface area contributed by atoms with Crippen LogP contribution >= 0.6 is 0 Å². The summed E-state index contributed by atoms with van der Waals surface area (Å²) in [4.78, 5) is 6.27. The average Bonchev–Trinajstić information content (AvgIpc) is 2.85. The number of benzene rings is 2. The monoisotopic (exact) mass is 331 g/mol. The molecular formula is C18H19F2N3O. The first-order chi connectivity index (χ1) is 11.5. The smallest absolute Gasteiger partial charge is 0.387 e. The molecule has 0 amide bonds. The van der Waals surface area contributed by atoms with Gasteiger partial charge in [0.15, 0.2) is 5.96 Å². The van der Waals surface area contributed by atoms with Crippen molar-refractivity contribution in [3.8, 4) is 5.75 Å². The van der Waals surface area contributed by atoms with Crippen molar-refractivity contribution in [3.05, 3.63) is 65.7 Å². The van der Waals surface area contributed by atoms with E-state index in [1.165, 1.54) is 0 Å². The zero-order valence-electron chi connectivity index (χ0n) is 13.3. The van der Waals surface area contributed by atoms with Crippen molar-refractivity contribution in [2.75, 3.05) is 6.54 Å². The van der Waals surface area contributed by atoms with Crippen LogP contribution in [0.1, 0.15) is 18.1 Å². The molecule has 4 nitrogen and oxygen atoms in total. The highest BCUT2D eigenvalue weighted by molar-refractivity contribution is 5.81. The summed E-state index contributed by atoms with van der Waals surface area (Å²) >= 11 is 0. The molecule has 2 N–H and O–H groups in total. The molecule has 0 aliphatic carbocycles. The molecule has 0 saturated carbocycles. The zero-order chi connectivity index (χ0) is 17.2. The van der Waals surface area contributed by atoms with Gasteiger partial charge in [0.25, 0.3) is 0 Å². The SMILES string of the molecule is CC1(c2ccccc2OC(F)F)CN=C(N)N1Cc1ccccc1. The summed E-state index contributed by atoms with van der Waals surface area (Å²) in [6, 6.07) is 16.6. The molecule has 0 aromatic heterocycles. The molecule has 126 valence electrons. The molecule has 24 heavy (non-hydrogen) atoms. The van der Waals surface area contributed by atoms with Gasteiger partial charge in [-0.1, -0.05) is 48.5 Å². The summed E-state index contributed by atoms with van der Waals surface area (Å²) in [5, 5.41) is 0. The third-order valence-electron chi connectivity index (χ3n) is 4.29. The van der Waals surface area contributed by atoms with E-state index >= 15 is 0 Å². The van der Waals surface area contributed by atoms with Crippen LogP contribution in [0, 0.1) is 0 Å². The number of rotatable bonds is 5. The van der Waals surface area contributed by atoms with Gasteiger partial charge >= 0.3 is 6.61 Å². The van der Waals surface area contributed by atoms with Crippen molar-refractivity contribution in [1.29, 1.82) is 0 Å². The second kappa shape index (κ2) is 6.47. The lowest BCUT2D eigenvalue weighted by molar-refractivity contribution is -0.0516. The van der Waals surface area contributed by atoms with Crippen molar-refractivity contribution in [2.45, 2.75) is 25.6 Å². The number of ether oxygens (including phenoxy) is 1. The van der Waals surface area contributed by atoms with Crippen LogP contribution in [0.2, 0.25) is 0 Å². The average molecular weight is 331 g/mol. The van der Waals surface area contributed by atoms with E-state index in [1.807, 2.05) is 42.2 Å². The van der Waals surface area contributed by atoms with Crippen LogP contribution in [0.3, 0.4) is 0 Å². The van der Waals surface area contributed by atoms with Crippen molar-refractivity contribution < 1.29 is 13.5 Å². The lowest BCUT2D eigenvalue weighted by Crippen LogP contribution is -2.47. The molecular weight excluding hydrogens is 312 g/mol. The van der Waals surface area contributed by atoms with E-state index < -0.39 is 12.2 Å². The van der Waals surface area contributed by atoms with Crippen LogP contribution < -0.4 is 10.5 Å². The first-order valence-corrected chi connectivity index (χ1v) is 7.66. The highest BCUT2D eigenvalue weighted by atomic mass is 19.3. The normalized spacial score (nSPS) is 20.3. The number of alkyl halides is 2. The Hall–Kier alpha value is -2.63. The highest BCUT2D eigenvalue weighted by Gasteiger charge is 2.41. The van der Waals surface area contributed by atoms with Gasteiger partial charge in [-0.25, -0.2) is 0 Å². The second-order valence-electron chi connectivity index (χ2n) is 5.89. The summed E-state index contributed by atoms with van der Waals surface area (Å²) in [5.41, 5.74) is 7.14. The number of para-hydroxylation sites is 1. The second-order valence-corrected chi connectivity index (χ2v) is 5.89. The van der Waals surface area contributed by atoms with E-state index in [4.69, 9.17) is 10.5 Å². The van der Waals surface area contributed by atoms with Crippen molar-refractivity contribution in [2.24, 2.45) is 10.7 Å². The lowest BCUT2D eigenvalue weighted by atomic mass is 9.89. The molecule has 3 rings (SSSR count). The predicted octanol–water partition coefficient (Wildman–Crippen LogP) is 3.33. The fraction of sp³-hybridized carbons (Fsp3) is 0.278. The Kier molecular flexibility index (Phi) is 4.38. The Labute approximate surface area is 139 Å². The topological polar surface area (TPSA) is 50.9 Å². The summed E-state index contributed by atoms with van der Waals surface area (Å²) in [6.07, 6.45) is 0. The van der Waals surface area contributed by atoms with Crippen LogP contribution in [0.25, 0.3) is 0 Å². The van der Waals surface area contributed by atoms with E-state index in [1.54, 1.807) is 24.3 Å². The molecule has 0 fully saturated rings. The first-order valence-electron chi connectivity index (χ1n) is 7.66. The van der Waals surface area contributed by atoms with Crippen LogP contribution in [-0.4, -0.2) is 24.0 Å². The van der Waals surface area contributed by atoms with Crippen LogP contribution in [0.15, 0.2) is 59.6 Å². The molecule has 2 aromatic carbocycles. The molecule has 6 heteroatoms. The van der Waals surface area contributed by atoms with Gasteiger partial charge in [0.05, 0.1) is 12.1 Å². The minimum atomic E-state index is -2.88. The van der Waals surface area contributed by atoms with Gasteiger partial charge in [0.1, 0.15) is 5.75 Å². The van der Waals surface area contributed by atoms with Gasteiger partial charge in [-0.2, -0.15) is 8.78 Å². The van der Waals surface area contributed by atoms with Crippen molar-refractivity contribution >= 4 is 5.96 Å². The number of aliphatic imine (C=N–C) groups is 1. The van der Waals surface area contributed by atoms with E-state index in [0.717, 1.165) is 5.56 Å². The third kappa shape index (κ3) is 3.04. The van der Waals surface area contributed by atoms with Gasteiger partial charge in [0.2, 0.25) is 0 Å². The molecule has 0 radical (unpaired) electrons. The predicted molar refractivity (Wildman–Crippen MR) is 88.9 cm³/mol. The molecule has 0 bridgehead atoms. The largest absolute Gasteiger partial charge is 0.434 e. The minimum Gasteiger partial charge on any atom is -0.434 e. The van der Waals surface area contributed by atoms with Crippen LogP contribution in [0.5, 0.6) is 5.75 Å². The van der Waals surface area contributed by atoms with Crippen molar-refractivity contribution in [1.82, 2.24) is 4.90 Å². The summed E-state index contributed by atoms with van der Waals surface area (Å²) < 4.78 is 30.2. The quantitative estimate of drug-likeness (QED) is 0.914. The van der Waals surface area contributed by atoms with Crippen LogP contribution in [0.4, 0.5) is 8.78 Å². The van der Waals surface area contributed by atoms with Gasteiger partial charge in [0, 0.05) is 12.1 Å². The van der Waals surface area contributed by atoms with E-state index in [9.17, 15) is 8.78 Å². The lowest BCUT2D eigenvalue weighted by Gasteiger charge is -2.37. The van der Waals surface area contributed by atoms with Crippen LogP contribution in [-0.2, 0) is 12.1 Å². The highest BCUT2D eigenvalue weighted by Crippen LogP contribution is 2.39. The number of hydrogen-bond donors (Lipinski definition) is 1. The molecule has 0 spiro atoms. The number of nitrogens with two attached hydrogens (primary N) is 1. The molecule has 1 aliphatic heterocycles. The Morgan fingerprint density at radius 2 is 1.83 bits per heavy atom. The Morgan fingerprint density at radius 1 is 1.17 bits per heavy atom. The maximum absolute atomic E-state index is 12.7. The maximum atomic E-state index is 12.7. The van der Waals surface area contributed by atoms with Gasteiger partial charge in [-0.15, -0.1) is 0 Å². The molecule has 2 aromatic rings. The number of halogens is 2. The fourth-order valence-corrected chi connectivity index (χ4v) is 3.02. The summed E-state index contributed by atoms with van der Waals surface area (Å²) in [5.74, 6) is 0.547. The molecule has 0 saturated heterocycles. The maximum Gasteiger partial charge on any atom is 0.387 e. The number of guanidine groups is 1. The van der Waals surface area contributed by atoms with Gasteiger partial charge in [-0.3, -0.25) is 4.99 Å². The third-order valence-corrected chi connectivity index (χ3v) is 4.29. The Morgan fingerprint density at radius 3 is 2.54 bits per heavy atom. The minimum absolute atomic E-state index is 0.151. The van der Waals surface area contributed by atoms with Crippen molar-refractivity contribution in [3.63, 3.8) is 0 Å². The van der Waals surface area contributed by atoms with E-state index in [2.05, 4.69) is 4.99 Å². The molecule has 1 unspecified atom stereocenters.